The molecule has 0 radical (unpaired) electrons. The molecule has 158 valence electrons. The van der Waals surface area contributed by atoms with E-state index >= 15 is 0 Å². The van der Waals surface area contributed by atoms with Crippen LogP contribution in [-0.2, 0) is 6.18 Å². The Labute approximate surface area is 160 Å². The van der Waals surface area contributed by atoms with E-state index in [1.165, 1.54) is 13.0 Å². The minimum Gasteiger partial charge on any atom is -0.390 e. The number of nitrogens with zero attached hydrogens (tertiary/aromatic N) is 2. The molecule has 0 unspecified atom stereocenters. The maximum absolute atomic E-state index is 13.3. The molecule has 0 aliphatic rings. The Morgan fingerprint density at radius 2 is 1.79 bits per heavy atom. The number of rotatable bonds is 6. The number of hydrogen-bond acceptors (Lipinski definition) is 5. The molecular formula is C16H15F6N5O2. The average molecular weight is 423 g/mol. The summed E-state index contributed by atoms with van der Waals surface area (Å²) in [4.78, 5) is 19.6. The number of aromatic nitrogens is 2. The van der Waals surface area contributed by atoms with Crippen molar-refractivity contribution in [2.75, 3.05) is 29.1 Å². The number of carbonyl (C=O) groups excluding carboxylic acids is 1. The number of benzene rings is 1. The van der Waals surface area contributed by atoms with Crippen molar-refractivity contribution in [1.29, 1.82) is 0 Å². The summed E-state index contributed by atoms with van der Waals surface area (Å²) >= 11 is 0. The summed E-state index contributed by atoms with van der Waals surface area (Å²) in [7, 11) is 0. The third kappa shape index (κ3) is 6.48. The molecule has 2 rings (SSSR count). The van der Waals surface area contributed by atoms with Gasteiger partial charge in [-0.2, -0.15) is 18.2 Å². The van der Waals surface area contributed by atoms with Gasteiger partial charge in [-0.1, -0.05) is 0 Å². The number of hydrogen-bond donors (Lipinski definition) is 4. The van der Waals surface area contributed by atoms with E-state index in [1.807, 2.05) is 0 Å². The van der Waals surface area contributed by atoms with Crippen LogP contribution in [0.2, 0.25) is 0 Å². The highest BCUT2D eigenvalue weighted by molar-refractivity contribution is 5.98. The highest BCUT2D eigenvalue weighted by Gasteiger charge is 2.34. The lowest BCUT2D eigenvalue weighted by Crippen LogP contribution is -2.31. The number of nitrogens with one attached hydrogen (secondary N) is 3. The van der Waals surface area contributed by atoms with Crippen molar-refractivity contribution in [2.45, 2.75) is 19.0 Å². The summed E-state index contributed by atoms with van der Waals surface area (Å²) in [6, 6.07) is 2.14. The Morgan fingerprint density at radius 3 is 2.41 bits per heavy atom. The number of halogens is 6. The second-order valence-electron chi connectivity index (χ2n) is 5.86. The molecule has 1 heterocycles. The first kappa shape index (κ1) is 22.2. The second kappa shape index (κ2) is 8.51. The maximum Gasteiger partial charge on any atom is 0.419 e. The van der Waals surface area contributed by atoms with Crippen LogP contribution in [0.4, 0.5) is 48.6 Å². The van der Waals surface area contributed by atoms with E-state index in [0.717, 1.165) is 6.07 Å². The molecule has 2 amide bonds. The zero-order valence-corrected chi connectivity index (χ0v) is 14.7. The molecule has 0 aliphatic heterocycles. The number of aliphatic hydroxyl groups is 1. The SMILES string of the molecule is Cc1cc(NCC(F)(F)CO)nc(NC(=O)Nc2ccc(F)c(C(F)(F)F)c2)n1. The monoisotopic (exact) mass is 423 g/mol. The fraction of sp³-hybridized carbons (Fsp3) is 0.312. The Morgan fingerprint density at radius 1 is 1.10 bits per heavy atom. The number of aliphatic hydroxyl groups excluding tert-OH is 1. The van der Waals surface area contributed by atoms with E-state index in [9.17, 15) is 31.1 Å². The van der Waals surface area contributed by atoms with Gasteiger partial charge in [-0.15, -0.1) is 0 Å². The molecule has 0 saturated heterocycles. The molecule has 29 heavy (non-hydrogen) atoms. The molecule has 0 bridgehead atoms. The smallest absolute Gasteiger partial charge is 0.390 e. The van der Waals surface area contributed by atoms with Crippen LogP contribution < -0.4 is 16.0 Å². The van der Waals surface area contributed by atoms with E-state index in [4.69, 9.17) is 5.11 Å². The molecule has 4 N–H and O–H groups in total. The molecule has 0 spiro atoms. The van der Waals surface area contributed by atoms with Crippen LogP contribution >= 0.6 is 0 Å². The minimum atomic E-state index is -4.95. The van der Waals surface area contributed by atoms with Crippen molar-refractivity contribution in [2.24, 2.45) is 0 Å². The molecular weight excluding hydrogens is 408 g/mol. The first-order valence-electron chi connectivity index (χ1n) is 7.92. The van der Waals surface area contributed by atoms with Crippen LogP contribution in [0.5, 0.6) is 0 Å². The zero-order chi connectivity index (χ0) is 21.8. The Kier molecular flexibility index (Phi) is 6.51. The molecule has 0 fully saturated rings. The van der Waals surface area contributed by atoms with Gasteiger partial charge in [0.2, 0.25) is 5.95 Å². The summed E-state index contributed by atoms with van der Waals surface area (Å²) in [6.07, 6.45) is -4.95. The van der Waals surface area contributed by atoms with Crippen molar-refractivity contribution in [1.82, 2.24) is 9.97 Å². The quantitative estimate of drug-likeness (QED) is 0.532. The lowest BCUT2D eigenvalue weighted by atomic mass is 10.2. The summed E-state index contributed by atoms with van der Waals surface area (Å²) in [5.74, 6) is -5.30. The summed E-state index contributed by atoms with van der Waals surface area (Å²) in [6.45, 7) is -0.827. The number of urea groups is 1. The van der Waals surface area contributed by atoms with Crippen LogP contribution in [0.25, 0.3) is 0 Å². The maximum atomic E-state index is 13.3. The zero-order valence-electron chi connectivity index (χ0n) is 14.7. The van der Waals surface area contributed by atoms with E-state index < -0.39 is 42.7 Å². The summed E-state index contributed by atoms with van der Waals surface area (Å²) < 4.78 is 77.6. The first-order valence-corrected chi connectivity index (χ1v) is 7.92. The van der Waals surface area contributed by atoms with Crippen molar-refractivity contribution < 1.29 is 36.2 Å². The highest BCUT2D eigenvalue weighted by Crippen LogP contribution is 2.33. The molecule has 0 saturated carbocycles. The number of carbonyl (C=O) groups is 1. The van der Waals surface area contributed by atoms with Gasteiger partial charge in [0.15, 0.2) is 0 Å². The van der Waals surface area contributed by atoms with Gasteiger partial charge in [0.1, 0.15) is 18.2 Å². The Balaban J connectivity index is 2.09. The fourth-order valence-electron chi connectivity index (χ4n) is 2.07. The number of anilines is 3. The second-order valence-corrected chi connectivity index (χ2v) is 5.86. The van der Waals surface area contributed by atoms with Crippen molar-refractivity contribution in [3.8, 4) is 0 Å². The molecule has 2 aromatic rings. The highest BCUT2D eigenvalue weighted by atomic mass is 19.4. The van der Waals surface area contributed by atoms with Crippen LogP contribution in [0.1, 0.15) is 11.3 Å². The van der Waals surface area contributed by atoms with Gasteiger partial charge in [0.25, 0.3) is 5.92 Å². The molecule has 13 heteroatoms. The van der Waals surface area contributed by atoms with Gasteiger partial charge in [-0.25, -0.2) is 22.9 Å². The van der Waals surface area contributed by atoms with Gasteiger partial charge in [-0.3, -0.25) is 5.32 Å². The molecule has 0 atom stereocenters. The standard InChI is InChI=1S/C16H15F6N5O2/c1-8-4-12(23-6-15(18,19)7-28)26-13(24-8)27-14(29)25-9-2-3-11(17)10(5-9)16(20,21)22/h2-5,28H,6-7H2,1H3,(H3,23,24,25,26,27,29). The van der Waals surface area contributed by atoms with Crippen LogP contribution in [0.15, 0.2) is 24.3 Å². The molecule has 0 aliphatic carbocycles. The van der Waals surface area contributed by atoms with Crippen LogP contribution in [-0.4, -0.2) is 40.2 Å². The molecule has 1 aromatic carbocycles. The van der Waals surface area contributed by atoms with Gasteiger partial charge < -0.3 is 15.7 Å². The molecule has 7 nitrogen and oxygen atoms in total. The van der Waals surface area contributed by atoms with Crippen LogP contribution in [0.3, 0.4) is 0 Å². The Hall–Kier alpha value is -3.09. The van der Waals surface area contributed by atoms with Gasteiger partial charge in [0.05, 0.1) is 12.1 Å². The predicted molar refractivity (Wildman–Crippen MR) is 91.3 cm³/mol. The predicted octanol–water partition coefficient (Wildman–Crippen LogP) is 3.63. The van der Waals surface area contributed by atoms with Gasteiger partial charge in [-0.05, 0) is 25.1 Å². The van der Waals surface area contributed by atoms with Crippen molar-refractivity contribution >= 4 is 23.5 Å². The van der Waals surface area contributed by atoms with Crippen molar-refractivity contribution in [3.05, 3.63) is 41.3 Å². The lowest BCUT2D eigenvalue weighted by Gasteiger charge is -2.15. The fourth-order valence-corrected chi connectivity index (χ4v) is 2.07. The van der Waals surface area contributed by atoms with Gasteiger partial charge in [0, 0.05) is 17.4 Å². The average Bonchev–Trinajstić information content (AvgIpc) is 2.60. The number of amides is 2. The van der Waals surface area contributed by atoms with E-state index in [2.05, 4.69) is 25.9 Å². The van der Waals surface area contributed by atoms with Gasteiger partial charge >= 0.3 is 12.2 Å². The topological polar surface area (TPSA) is 99.2 Å². The lowest BCUT2D eigenvalue weighted by molar-refractivity contribution is -0.139. The number of alkyl halides is 5. The third-order valence-corrected chi connectivity index (χ3v) is 3.37. The van der Waals surface area contributed by atoms with E-state index in [0.29, 0.717) is 12.1 Å². The normalized spacial score (nSPS) is 11.9. The number of aryl methyl sites for hydroxylation is 1. The molecule has 1 aromatic heterocycles. The third-order valence-electron chi connectivity index (χ3n) is 3.37. The van der Waals surface area contributed by atoms with Crippen LogP contribution in [0, 0.1) is 12.7 Å². The summed E-state index contributed by atoms with van der Waals surface area (Å²) in [5, 5.41) is 15.0. The summed E-state index contributed by atoms with van der Waals surface area (Å²) in [5.41, 5.74) is -1.62. The first-order chi connectivity index (χ1) is 13.4. The van der Waals surface area contributed by atoms with E-state index in [-0.39, 0.29) is 23.1 Å². The van der Waals surface area contributed by atoms with Crippen molar-refractivity contribution in [3.63, 3.8) is 0 Å². The minimum absolute atomic E-state index is 0.0814. The van der Waals surface area contributed by atoms with E-state index in [1.54, 1.807) is 0 Å². The Bertz CT molecular complexity index is 891. The largest absolute Gasteiger partial charge is 0.419 e.